The van der Waals surface area contributed by atoms with Gasteiger partial charge in [0.2, 0.25) is 0 Å². The lowest BCUT2D eigenvalue weighted by atomic mass is 10.2. The molecule has 0 bridgehead atoms. The van der Waals surface area contributed by atoms with Crippen molar-refractivity contribution in [3.8, 4) is 0 Å². The Morgan fingerprint density at radius 3 is 2.18 bits per heavy atom. The topological polar surface area (TPSA) is 40.1 Å². The number of rotatable bonds is 4. The van der Waals surface area contributed by atoms with Gasteiger partial charge in [-0.2, -0.15) is 0 Å². The van der Waals surface area contributed by atoms with E-state index >= 15 is 0 Å². The molecule has 0 heterocycles. The molecule has 0 aliphatic carbocycles. The van der Waals surface area contributed by atoms with E-state index in [0.717, 1.165) is 17.1 Å². The summed E-state index contributed by atoms with van der Waals surface area (Å²) in [6.07, 6.45) is 0.722. The fraction of sp³-hybridized carbons (Fsp3) is 0.357. The minimum atomic E-state index is -1.23. The van der Waals surface area contributed by atoms with E-state index < -0.39 is 5.97 Å². The Kier molecular flexibility index (Phi) is 6.91. The van der Waals surface area contributed by atoms with E-state index in [2.05, 4.69) is 57.9 Å². The molecule has 0 atom stereocenters. The number of carbonyl (C=O) groups is 1. The SMILES string of the molecule is C=CC(=O)[O-].CC[N+](C)(C)Cc1ccccc1. The van der Waals surface area contributed by atoms with E-state index in [1.165, 1.54) is 12.1 Å². The second kappa shape index (κ2) is 7.63. The predicted molar refractivity (Wildman–Crippen MR) is 68.0 cm³/mol. The summed E-state index contributed by atoms with van der Waals surface area (Å²) < 4.78 is 1.06. The standard InChI is InChI=1S/C11H18N.C3H4O2/c1-4-12(2,3)10-11-8-6-5-7-9-11;1-2-3(4)5/h5-9H,4,10H2,1-3H3;2H,1H2,(H,4,5)/q+1;/p-1. The van der Waals surface area contributed by atoms with E-state index in [0.29, 0.717) is 0 Å². The smallest absolute Gasteiger partial charge is 0.104 e. The van der Waals surface area contributed by atoms with Gasteiger partial charge in [-0.3, -0.25) is 0 Å². The summed E-state index contributed by atoms with van der Waals surface area (Å²) in [6, 6.07) is 10.6. The first-order valence-corrected chi connectivity index (χ1v) is 5.60. The lowest BCUT2D eigenvalue weighted by Crippen LogP contribution is -2.38. The molecular weight excluding hydrogens is 214 g/mol. The number of quaternary nitrogens is 1. The first-order valence-electron chi connectivity index (χ1n) is 5.60. The molecule has 0 aliphatic rings. The molecular formula is C14H21NO2. The molecule has 0 amide bonds. The Hall–Kier alpha value is -1.61. The summed E-state index contributed by atoms with van der Waals surface area (Å²) in [4.78, 5) is 9.14. The maximum atomic E-state index is 9.14. The predicted octanol–water partition coefficient (Wildman–Crippen LogP) is 1.21. The van der Waals surface area contributed by atoms with Gasteiger partial charge < -0.3 is 14.4 Å². The van der Waals surface area contributed by atoms with Crippen molar-refractivity contribution in [2.24, 2.45) is 0 Å². The zero-order valence-electron chi connectivity index (χ0n) is 10.8. The average molecular weight is 235 g/mol. The molecule has 0 aromatic heterocycles. The van der Waals surface area contributed by atoms with E-state index in [4.69, 9.17) is 9.90 Å². The minimum absolute atomic E-state index is 0.722. The number of hydrogen-bond donors (Lipinski definition) is 0. The number of carboxylic acids is 1. The van der Waals surface area contributed by atoms with E-state index in [-0.39, 0.29) is 0 Å². The first-order chi connectivity index (χ1) is 7.91. The van der Waals surface area contributed by atoms with Crippen molar-refractivity contribution in [1.29, 1.82) is 0 Å². The molecule has 3 heteroatoms. The van der Waals surface area contributed by atoms with Gasteiger partial charge in [0, 0.05) is 5.56 Å². The van der Waals surface area contributed by atoms with Crippen LogP contribution in [0.3, 0.4) is 0 Å². The first kappa shape index (κ1) is 15.4. The molecule has 94 valence electrons. The fourth-order valence-electron chi connectivity index (χ4n) is 1.19. The van der Waals surface area contributed by atoms with Crippen LogP contribution in [0.4, 0.5) is 0 Å². The molecule has 0 aliphatic heterocycles. The lowest BCUT2D eigenvalue weighted by molar-refractivity contribution is -0.901. The van der Waals surface area contributed by atoms with Crippen molar-refractivity contribution in [3.05, 3.63) is 48.6 Å². The third-order valence-corrected chi connectivity index (χ3v) is 2.48. The maximum absolute atomic E-state index is 9.14. The lowest BCUT2D eigenvalue weighted by Gasteiger charge is -2.28. The number of aliphatic carboxylic acids is 1. The van der Waals surface area contributed by atoms with Gasteiger partial charge >= 0.3 is 0 Å². The van der Waals surface area contributed by atoms with Crippen molar-refractivity contribution < 1.29 is 14.4 Å². The minimum Gasteiger partial charge on any atom is -0.545 e. The van der Waals surface area contributed by atoms with Gasteiger partial charge in [0.05, 0.1) is 26.6 Å². The number of benzene rings is 1. The molecule has 17 heavy (non-hydrogen) atoms. The highest BCUT2D eigenvalue weighted by Crippen LogP contribution is 2.07. The number of carbonyl (C=O) groups excluding carboxylic acids is 1. The van der Waals surface area contributed by atoms with Crippen LogP contribution in [0.1, 0.15) is 12.5 Å². The van der Waals surface area contributed by atoms with Gasteiger partial charge in [-0.1, -0.05) is 36.9 Å². The van der Waals surface area contributed by atoms with Crippen LogP contribution in [0.25, 0.3) is 0 Å². The Morgan fingerprint density at radius 2 is 1.82 bits per heavy atom. The van der Waals surface area contributed by atoms with Crippen molar-refractivity contribution >= 4 is 5.97 Å². The molecule has 0 unspecified atom stereocenters. The van der Waals surface area contributed by atoms with Gasteiger partial charge in [-0.15, -0.1) is 0 Å². The van der Waals surface area contributed by atoms with Crippen LogP contribution in [-0.4, -0.2) is 31.1 Å². The van der Waals surface area contributed by atoms with Crippen LogP contribution in [0.15, 0.2) is 43.0 Å². The van der Waals surface area contributed by atoms with Crippen molar-refractivity contribution in [3.63, 3.8) is 0 Å². The zero-order valence-corrected chi connectivity index (χ0v) is 10.8. The number of carboxylic acid groups (broad SMARTS) is 1. The summed E-state index contributed by atoms with van der Waals surface area (Å²) in [7, 11) is 4.51. The van der Waals surface area contributed by atoms with Gasteiger partial charge in [-0.05, 0) is 13.0 Å². The summed E-state index contributed by atoms with van der Waals surface area (Å²) in [5.74, 6) is -1.23. The number of hydrogen-bond acceptors (Lipinski definition) is 2. The molecule has 0 fully saturated rings. The van der Waals surface area contributed by atoms with Gasteiger partial charge in [0.1, 0.15) is 6.54 Å². The number of nitrogens with zero attached hydrogens (tertiary/aromatic N) is 1. The molecule has 0 N–H and O–H groups in total. The van der Waals surface area contributed by atoms with Crippen LogP contribution in [0, 0.1) is 0 Å². The Labute approximate surface area is 104 Å². The van der Waals surface area contributed by atoms with Crippen LogP contribution in [-0.2, 0) is 11.3 Å². The van der Waals surface area contributed by atoms with Crippen LogP contribution < -0.4 is 5.11 Å². The van der Waals surface area contributed by atoms with Gasteiger partial charge in [0.15, 0.2) is 0 Å². The molecule has 3 nitrogen and oxygen atoms in total. The third kappa shape index (κ3) is 8.22. The molecule has 0 radical (unpaired) electrons. The second-order valence-electron chi connectivity index (χ2n) is 4.42. The van der Waals surface area contributed by atoms with E-state index in [1.807, 2.05) is 0 Å². The van der Waals surface area contributed by atoms with Crippen LogP contribution >= 0.6 is 0 Å². The molecule has 0 saturated carbocycles. The molecule has 0 saturated heterocycles. The average Bonchev–Trinajstić information content (AvgIpc) is 2.30. The largest absolute Gasteiger partial charge is 0.545 e. The van der Waals surface area contributed by atoms with E-state index in [9.17, 15) is 0 Å². The van der Waals surface area contributed by atoms with E-state index in [1.54, 1.807) is 0 Å². The Balaban J connectivity index is 0.000000437. The van der Waals surface area contributed by atoms with Crippen molar-refractivity contribution in [1.82, 2.24) is 0 Å². The Morgan fingerprint density at radius 1 is 1.35 bits per heavy atom. The monoisotopic (exact) mass is 235 g/mol. The highest BCUT2D eigenvalue weighted by molar-refractivity contribution is 5.76. The van der Waals surface area contributed by atoms with Gasteiger partial charge in [-0.25, -0.2) is 0 Å². The molecule has 1 aromatic rings. The highest BCUT2D eigenvalue weighted by atomic mass is 16.4. The summed E-state index contributed by atoms with van der Waals surface area (Å²) in [5, 5.41) is 9.14. The van der Waals surface area contributed by atoms with Crippen LogP contribution in [0.2, 0.25) is 0 Å². The maximum Gasteiger partial charge on any atom is 0.104 e. The molecule has 1 rings (SSSR count). The second-order valence-corrected chi connectivity index (χ2v) is 4.42. The quantitative estimate of drug-likeness (QED) is 0.581. The molecule has 0 spiro atoms. The third-order valence-electron chi connectivity index (χ3n) is 2.48. The summed E-state index contributed by atoms with van der Waals surface area (Å²) in [6.45, 7) is 7.42. The fourth-order valence-corrected chi connectivity index (χ4v) is 1.19. The highest BCUT2D eigenvalue weighted by Gasteiger charge is 2.11. The van der Waals surface area contributed by atoms with Crippen molar-refractivity contribution in [2.75, 3.05) is 20.6 Å². The van der Waals surface area contributed by atoms with Gasteiger partial charge in [0.25, 0.3) is 0 Å². The summed E-state index contributed by atoms with van der Waals surface area (Å²) >= 11 is 0. The molecule has 1 aromatic carbocycles. The van der Waals surface area contributed by atoms with Crippen molar-refractivity contribution in [2.45, 2.75) is 13.5 Å². The van der Waals surface area contributed by atoms with Crippen LogP contribution in [0.5, 0.6) is 0 Å². The summed E-state index contributed by atoms with van der Waals surface area (Å²) in [5.41, 5.74) is 1.42. The zero-order chi connectivity index (χ0) is 13.3. The normalized spacial score (nSPS) is 10.1. The Bertz CT molecular complexity index is 344.